The predicted molar refractivity (Wildman–Crippen MR) is 236 cm³/mol. The molecule has 1 radical (unpaired) electrons. The van der Waals surface area contributed by atoms with Crippen LogP contribution >= 0.6 is 43.0 Å². The van der Waals surface area contributed by atoms with Crippen molar-refractivity contribution in [1.82, 2.24) is 9.80 Å². The summed E-state index contributed by atoms with van der Waals surface area (Å²) in [7, 11) is 13.0. The molecule has 0 N–H and O–H groups in total. The molecular weight excluding hydrogens is 1300 g/mol. The molecule has 6 nitrogen and oxygen atoms in total. The maximum atomic E-state index is 14.4. The minimum Gasteiger partial charge on any atom is -1.00 e. The van der Waals surface area contributed by atoms with Crippen molar-refractivity contribution in [3.05, 3.63) is 201 Å². The first-order valence-corrected chi connectivity index (χ1v) is 29.8. The van der Waals surface area contributed by atoms with Gasteiger partial charge in [0, 0.05) is 71.8 Å². The molecule has 2 aliphatic rings. The van der Waals surface area contributed by atoms with E-state index in [0.29, 0.717) is 0 Å². The van der Waals surface area contributed by atoms with Gasteiger partial charge >= 0.3 is 42.2 Å². The van der Waals surface area contributed by atoms with Gasteiger partial charge in [0.25, 0.3) is 0 Å². The van der Waals surface area contributed by atoms with Gasteiger partial charge in [-0.15, -0.1) is 11.8 Å². The molecule has 0 amide bonds. The average Bonchev–Trinajstić information content (AvgIpc) is 3.89. The van der Waals surface area contributed by atoms with E-state index in [1.165, 1.54) is 0 Å². The van der Waals surface area contributed by atoms with Crippen LogP contribution in [0.2, 0.25) is 0 Å². The molecule has 6 aromatic rings. The fraction of sp³-hybridized carbons (Fsp3) is 0.0682. The van der Waals surface area contributed by atoms with Crippen molar-refractivity contribution >= 4 is 86.2 Å². The van der Waals surface area contributed by atoms with Crippen LogP contribution in [0.4, 0.5) is 11.4 Å². The van der Waals surface area contributed by atoms with Crippen LogP contribution in [0.1, 0.15) is 0 Å². The second kappa shape index (κ2) is 22.8. The molecule has 0 saturated carbocycles. The van der Waals surface area contributed by atoms with Gasteiger partial charge in [-0.3, -0.25) is 0 Å². The Bertz CT molecular complexity index is 2100. The molecule has 0 fully saturated rings. The summed E-state index contributed by atoms with van der Waals surface area (Å²) in [4.78, 5) is 8.21. The Morgan fingerprint density at radius 3 is 1.40 bits per heavy atom. The van der Waals surface area contributed by atoms with E-state index in [4.69, 9.17) is 28.8 Å². The standard InChI is InChI=1S/C22H21N2OP.C22H19N2OP.3ClH.HI.2Ir/c2*1-23-15-16-24(18-23)19-9-8-14-22(17-19)26(25,20-10-4-2-5-11-20)21-12-6-3-7-13-21;;;;;;/h2-17H,18H2,1H3;2-8,10-18H,1H3;4*1H;;/q;-2;;;;;;+3/p-4. The third-order valence-corrected chi connectivity index (χ3v) is 15.2. The summed E-state index contributed by atoms with van der Waals surface area (Å²) in [6.07, 6.45) is 8.02. The average molecular weight is 1340 g/mol. The van der Waals surface area contributed by atoms with E-state index in [0.717, 1.165) is 49.9 Å². The van der Waals surface area contributed by atoms with E-state index in [9.17, 15) is 9.13 Å². The second-order valence-electron chi connectivity index (χ2n) is 12.8. The number of benzene rings is 6. The summed E-state index contributed by atoms with van der Waals surface area (Å²) in [6.45, 7) is 2.76. The van der Waals surface area contributed by atoms with Gasteiger partial charge < -0.3 is 52.7 Å². The second-order valence-corrected chi connectivity index (χ2v) is 28.7. The summed E-state index contributed by atoms with van der Waals surface area (Å²) >= 11 is -1.92. The molecule has 307 valence electrons. The number of hydrogen-bond acceptors (Lipinski definition) is 6. The molecule has 0 atom stereocenters. The molecule has 0 bridgehead atoms. The van der Waals surface area contributed by atoms with E-state index >= 15 is 0 Å². The van der Waals surface area contributed by atoms with Gasteiger partial charge in [0.1, 0.15) is 7.14 Å². The van der Waals surface area contributed by atoms with Crippen LogP contribution in [0.25, 0.3) is 0 Å². The molecule has 0 unspecified atom stereocenters. The fourth-order valence-electron chi connectivity index (χ4n) is 6.39. The van der Waals surface area contributed by atoms with E-state index in [1.54, 1.807) is 0 Å². The molecule has 0 aromatic heterocycles. The van der Waals surface area contributed by atoms with Gasteiger partial charge in [0.05, 0.1) is 6.67 Å². The normalized spacial score (nSPS) is 13.4. The molecule has 0 aliphatic carbocycles. The molecular formula is C44H40Cl3IIr2N4O2P2-3. The Labute approximate surface area is 390 Å². The first kappa shape index (κ1) is 48.0. The van der Waals surface area contributed by atoms with Crippen molar-refractivity contribution in [2.75, 3.05) is 30.6 Å². The molecule has 0 saturated heterocycles. The number of anilines is 2. The van der Waals surface area contributed by atoms with Crippen molar-refractivity contribution in [2.24, 2.45) is 0 Å². The first-order valence-electron chi connectivity index (χ1n) is 17.5. The Hall–Kier alpha value is -2.64. The fourth-order valence-corrected chi connectivity index (χ4v) is 11.7. The van der Waals surface area contributed by atoms with Gasteiger partial charge in [-0.2, -0.15) is 24.9 Å². The van der Waals surface area contributed by atoms with Crippen molar-refractivity contribution < 1.29 is 66.7 Å². The zero-order valence-corrected chi connectivity index (χ0v) is 42.4. The molecule has 0 spiro atoms. The third-order valence-electron chi connectivity index (χ3n) is 9.06. The Kier molecular flexibility index (Phi) is 18.9. The van der Waals surface area contributed by atoms with Gasteiger partial charge in [-0.25, -0.2) is 0 Å². The van der Waals surface area contributed by atoms with Gasteiger partial charge in [0.15, 0.2) is 7.14 Å². The Morgan fingerprint density at radius 1 is 0.569 bits per heavy atom. The molecule has 14 heteroatoms. The van der Waals surface area contributed by atoms with E-state index in [-0.39, 0.29) is 44.1 Å². The number of hydrogen-bond donors (Lipinski definition) is 0. The van der Waals surface area contributed by atoms with Gasteiger partial charge in [0.2, 0.25) is 0 Å². The van der Waals surface area contributed by atoms with E-state index < -0.39 is 27.7 Å². The van der Waals surface area contributed by atoms with Gasteiger partial charge in [-0.1, -0.05) is 139 Å². The Morgan fingerprint density at radius 2 is 1.00 bits per heavy atom. The molecule has 8 rings (SSSR count). The smallest absolute Gasteiger partial charge is 0 e. The van der Waals surface area contributed by atoms with Crippen molar-refractivity contribution in [2.45, 2.75) is 0 Å². The zero-order chi connectivity index (χ0) is 39.5. The van der Waals surface area contributed by atoms with Crippen molar-refractivity contribution in [3.63, 3.8) is 0 Å². The monoisotopic (exact) mass is 1340 g/mol. The van der Waals surface area contributed by atoms with Crippen LogP contribution in [0.3, 0.4) is 0 Å². The molecule has 2 aliphatic heterocycles. The van der Waals surface area contributed by atoms with Crippen molar-refractivity contribution in [3.8, 4) is 0 Å². The summed E-state index contributed by atoms with van der Waals surface area (Å²) in [6, 6.07) is 56.1. The number of halogens is 4. The number of nitrogens with zero attached hydrogens (tertiary/aromatic N) is 4. The van der Waals surface area contributed by atoms with Crippen molar-refractivity contribution in [1.29, 1.82) is 0 Å². The van der Waals surface area contributed by atoms with Crippen LogP contribution in [-0.2, 0) is 42.7 Å². The van der Waals surface area contributed by atoms with E-state index in [1.807, 2.05) is 201 Å². The maximum absolute atomic E-state index is 14.4. The Balaban J connectivity index is 0.000000228. The van der Waals surface area contributed by atoms with Gasteiger partial charge in [-0.05, 0) is 31.6 Å². The zero-order valence-electron chi connectivity index (χ0n) is 31.4. The van der Waals surface area contributed by atoms with Crippen LogP contribution < -0.4 is 65.6 Å². The summed E-state index contributed by atoms with van der Waals surface area (Å²) < 4.78 is 28.8. The topological polar surface area (TPSA) is 47.1 Å². The quantitative estimate of drug-likeness (QED) is 0.105. The van der Waals surface area contributed by atoms with E-state index in [2.05, 4.69) is 34.2 Å². The predicted octanol–water partition coefficient (Wildman–Crippen LogP) is 6.04. The van der Waals surface area contributed by atoms with Crippen LogP contribution in [0.15, 0.2) is 189 Å². The summed E-state index contributed by atoms with van der Waals surface area (Å²) in [5.41, 5.74) is 1.92. The van der Waals surface area contributed by atoms with Crippen LogP contribution in [-0.4, -0.2) is 30.6 Å². The van der Waals surface area contributed by atoms with Crippen LogP contribution in [0.5, 0.6) is 0 Å². The number of rotatable bonds is 8. The summed E-state index contributed by atoms with van der Waals surface area (Å²) in [5, 5.41) is 5.05. The largest absolute Gasteiger partial charge is 1.00 e. The maximum Gasteiger partial charge on any atom is 0 e. The minimum absolute atomic E-state index is 0. The van der Waals surface area contributed by atoms with Crippen LogP contribution in [0, 0.1) is 12.7 Å². The molecule has 2 heterocycles. The molecule has 6 aromatic carbocycles. The summed E-state index contributed by atoms with van der Waals surface area (Å²) in [5.74, 6) is 0. The third kappa shape index (κ3) is 11.8. The minimum atomic E-state index is -2.96. The molecule has 58 heavy (non-hydrogen) atoms. The first-order chi connectivity index (χ1) is 27.1. The SMILES string of the molecule is CN1C=CN(c2[c-]ccc(P(=O)(c3ccccc3)c3ccccc3)c2)[CH-]1.CN1C=CN(c2cccc(P(=O)(c3ccccc3)c3ccccc3)c2)C1.[Cl][Ir]([Cl])[Cl].[I-].[Ir].